The summed E-state index contributed by atoms with van der Waals surface area (Å²) in [5.41, 5.74) is 0. The van der Waals surface area contributed by atoms with Gasteiger partial charge in [-0.15, -0.1) is 0 Å². The van der Waals surface area contributed by atoms with Crippen LogP contribution in [0.25, 0.3) is 0 Å². The molecule has 0 amide bonds. The molecule has 0 nitrogen and oxygen atoms in total. The van der Waals surface area contributed by atoms with Crippen LogP contribution in [0.15, 0.2) is 0 Å². The van der Waals surface area contributed by atoms with E-state index < -0.39 is 12.1 Å². The Hall–Kier alpha value is -0.210. The van der Waals surface area contributed by atoms with Gasteiger partial charge in [-0.1, -0.05) is 26.7 Å². The zero-order valence-corrected chi connectivity index (χ0v) is 6.33. The second-order valence-electron chi connectivity index (χ2n) is 2.58. The highest BCUT2D eigenvalue weighted by Gasteiger charge is 2.34. The van der Waals surface area contributed by atoms with Gasteiger partial charge in [-0.3, -0.25) is 0 Å². The van der Waals surface area contributed by atoms with Gasteiger partial charge in [0.25, 0.3) is 0 Å². The number of hydrogen-bond donors (Lipinski definition) is 0. The smallest absolute Gasteiger partial charge is 0.171 e. The fraction of sp³-hybridized carbons (Fsp3) is 1.00. The Labute approximate surface area is 59.4 Å². The molecular formula is C7H13F3. The van der Waals surface area contributed by atoms with Gasteiger partial charge in [0, 0.05) is 0 Å². The molecule has 0 aromatic carbocycles. The summed E-state index contributed by atoms with van der Waals surface area (Å²) in [6, 6.07) is 0. The van der Waals surface area contributed by atoms with Crippen LogP contribution in [0, 0.1) is 5.92 Å². The summed E-state index contributed by atoms with van der Waals surface area (Å²) in [5.74, 6) is -1.13. The van der Waals surface area contributed by atoms with E-state index in [1.807, 2.05) is 6.92 Å². The number of hydrogen-bond acceptors (Lipinski definition) is 0. The standard InChI is InChI=1S/C7H13F3/c1-3-4-5-6(2)7(8,9)10/h6H,3-5H2,1-2H3/t6-/m1/s1. The van der Waals surface area contributed by atoms with Crippen molar-refractivity contribution < 1.29 is 13.2 Å². The van der Waals surface area contributed by atoms with Crippen molar-refractivity contribution in [2.24, 2.45) is 5.92 Å². The molecule has 0 spiro atoms. The van der Waals surface area contributed by atoms with Crippen LogP contribution >= 0.6 is 0 Å². The first-order chi connectivity index (χ1) is 4.48. The van der Waals surface area contributed by atoms with E-state index in [2.05, 4.69) is 0 Å². The lowest BCUT2D eigenvalue weighted by Crippen LogP contribution is -2.19. The van der Waals surface area contributed by atoms with E-state index in [1.54, 1.807) is 0 Å². The lowest BCUT2D eigenvalue weighted by Gasteiger charge is -2.14. The fourth-order valence-corrected chi connectivity index (χ4v) is 0.674. The van der Waals surface area contributed by atoms with Gasteiger partial charge in [0.15, 0.2) is 0 Å². The van der Waals surface area contributed by atoms with Crippen LogP contribution in [0.2, 0.25) is 0 Å². The molecule has 1 atom stereocenters. The van der Waals surface area contributed by atoms with E-state index in [0.29, 0.717) is 6.42 Å². The third kappa shape index (κ3) is 3.75. The first kappa shape index (κ1) is 9.79. The van der Waals surface area contributed by atoms with Crippen LogP contribution in [0.3, 0.4) is 0 Å². The second kappa shape index (κ2) is 3.84. The molecule has 0 saturated heterocycles. The molecule has 0 aromatic heterocycles. The molecule has 0 heterocycles. The summed E-state index contributed by atoms with van der Waals surface area (Å²) >= 11 is 0. The predicted molar refractivity (Wildman–Crippen MR) is 34.7 cm³/mol. The quantitative estimate of drug-likeness (QED) is 0.584. The molecule has 0 radical (unpaired) electrons. The highest BCUT2D eigenvalue weighted by Crippen LogP contribution is 2.29. The molecule has 0 rings (SSSR count). The van der Waals surface area contributed by atoms with E-state index in [1.165, 1.54) is 6.92 Å². The van der Waals surface area contributed by atoms with Gasteiger partial charge in [0.05, 0.1) is 5.92 Å². The minimum absolute atomic E-state index is 0.264. The summed E-state index contributed by atoms with van der Waals surface area (Å²) in [6.45, 7) is 3.12. The van der Waals surface area contributed by atoms with Gasteiger partial charge in [-0.25, -0.2) is 0 Å². The highest BCUT2D eigenvalue weighted by molar-refractivity contribution is 4.61. The zero-order valence-electron chi connectivity index (χ0n) is 6.33. The van der Waals surface area contributed by atoms with Crippen LogP contribution in [-0.4, -0.2) is 6.18 Å². The molecule has 3 heteroatoms. The fourth-order valence-electron chi connectivity index (χ4n) is 0.674. The van der Waals surface area contributed by atoms with Crippen LogP contribution in [0.5, 0.6) is 0 Å². The maximum atomic E-state index is 11.8. The zero-order chi connectivity index (χ0) is 8.20. The van der Waals surface area contributed by atoms with Crippen molar-refractivity contribution in [2.45, 2.75) is 39.3 Å². The Kier molecular flexibility index (Phi) is 3.76. The average Bonchev–Trinajstić information content (AvgIpc) is 1.80. The molecule has 0 fully saturated rings. The maximum Gasteiger partial charge on any atom is 0.391 e. The Bertz CT molecular complexity index is 85.3. The monoisotopic (exact) mass is 154 g/mol. The minimum Gasteiger partial charge on any atom is -0.171 e. The largest absolute Gasteiger partial charge is 0.391 e. The molecular weight excluding hydrogens is 141 g/mol. The maximum absolute atomic E-state index is 11.8. The van der Waals surface area contributed by atoms with E-state index in [9.17, 15) is 13.2 Å². The summed E-state index contributed by atoms with van der Waals surface area (Å²) in [4.78, 5) is 0. The van der Waals surface area contributed by atoms with Crippen molar-refractivity contribution in [2.75, 3.05) is 0 Å². The summed E-state index contributed by atoms with van der Waals surface area (Å²) in [6.07, 6.45) is -2.23. The topological polar surface area (TPSA) is 0 Å². The molecule has 0 saturated carbocycles. The second-order valence-corrected chi connectivity index (χ2v) is 2.58. The molecule has 62 valence electrons. The van der Waals surface area contributed by atoms with E-state index in [-0.39, 0.29) is 6.42 Å². The SMILES string of the molecule is CCCC[C@@H](C)C(F)(F)F. The van der Waals surface area contributed by atoms with Gasteiger partial charge in [0.1, 0.15) is 0 Å². The number of halogens is 3. The lowest BCUT2D eigenvalue weighted by atomic mass is 10.0. The number of unbranched alkanes of at least 4 members (excludes halogenated alkanes) is 1. The van der Waals surface area contributed by atoms with Crippen molar-refractivity contribution >= 4 is 0 Å². The Morgan fingerprint density at radius 2 is 1.80 bits per heavy atom. The third-order valence-corrected chi connectivity index (χ3v) is 1.55. The molecule has 0 aliphatic rings. The molecule has 0 bridgehead atoms. The van der Waals surface area contributed by atoms with Crippen molar-refractivity contribution in [3.63, 3.8) is 0 Å². The van der Waals surface area contributed by atoms with Gasteiger partial charge >= 0.3 is 6.18 Å². The van der Waals surface area contributed by atoms with Crippen molar-refractivity contribution in [1.82, 2.24) is 0 Å². The van der Waals surface area contributed by atoms with Gasteiger partial charge < -0.3 is 0 Å². The number of alkyl halides is 3. The van der Waals surface area contributed by atoms with Crippen LogP contribution in [0.4, 0.5) is 13.2 Å². The molecule has 0 unspecified atom stereocenters. The van der Waals surface area contributed by atoms with Crippen molar-refractivity contribution in [3.05, 3.63) is 0 Å². The first-order valence-corrected chi connectivity index (χ1v) is 3.55. The highest BCUT2D eigenvalue weighted by atomic mass is 19.4. The molecule has 0 N–H and O–H groups in total. The predicted octanol–water partition coefficient (Wildman–Crippen LogP) is 3.38. The minimum atomic E-state index is -3.99. The molecule has 10 heavy (non-hydrogen) atoms. The van der Waals surface area contributed by atoms with Crippen LogP contribution in [-0.2, 0) is 0 Å². The Morgan fingerprint density at radius 3 is 2.10 bits per heavy atom. The van der Waals surface area contributed by atoms with Crippen LogP contribution in [0.1, 0.15) is 33.1 Å². The first-order valence-electron chi connectivity index (χ1n) is 3.55. The lowest BCUT2D eigenvalue weighted by molar-refractivity contribution is -0.171. The van der Waals surface area contributed by atoms with E-state index in [0.717, 1.165) is 6.42 Å². The van der Waals surface area contributed by atoms with E-state index >= 15 is 0 Å². The summed E-state index contributed by atoms with van der Waals surface area (Å²) in [7, 11) is 0. The van der Waals surface area contributed by atoms with Crippen LogP contribution < -0.4 is 0 Å². The Morgan fingerprint density at radius 1 is 1.30 bits per heavy atom. The van der Waals surface area contributed by atoms with Gasteiger partial charge in [-0.2, -0.15) is 13.2 Å². The average molecular weight is 154 g/mol. The summed E-state index contributed by atoms with van der Waals surface area (Å²) in [5, 5.41) is 0. The van der Waals surface area contributed by atoms with E-state index in [4.69, 9.17) is 0 Å². The van der Waals surface area contributed by atoms with Crippen molar-refractivity contribution in [1.29, 1.82) is 0 Å². The molecule has 0 aliphatic carbocycles. The number of rotatable bonds is 3. The molecule has 0 aromatic rings. The molecule has 0 aliphatic heterocycles. The summed E-state index contributed by atoms with van der Waals surface area (Å²) < 4.78 is 35.3. The third-order valence-electron chi connectivity index (χ3n) is 1.55. The van der Waals surface area contributed by atoms with Gasteiger partial charge in [0.2, 0.25) is 0 Å². The normalized spacial score (nSPS) is 15.3. The van der Waals surface area contributed by atoms with Crippen molar-refractivity contribution in [3.8, 4) is 0 Å². The van der Waals surface area contributed by atoms with Gasteiger partial charge in [-0.05, 0) is 6.42 Å². The Balaban J connectivity index is 3.52.